The lowest BCUT2D eigenvalue weighted by molar-refractivity contribution is 0.252. The highest BCUT2D eigenvalue weighted by molar-refractivity contribution is 7.89. The smallest absolute Gasteiger partial charge is 0.243 e. The molecule has 4 rings (SSSR count). The zero-order valence-corrected chi connectivity index (χ0v) is 16.8. The van der Waals surface area contributed by atoms with Gasteiger partial charge in [-0.2, -0.15) is 4.31 Å². The molecule has 156 valence electrons. The van der Waals surface area contributed by atoms with E-state index in [1.165, 1.54) is 34.8 Å². The maximum atomic E-state index is 13.8. The third kappa shape index (κ3) is 3.90. The first-order chi connectivity index (χ1) is 14.4. The third-order valence-electron chi connectivity index (χ3n) is 5.16. The first kappa shape index (κ1) is 20.4. The molecule has 1 aliphatic rings. The van der Waals surface area contributed by atoms with Crippen molar-refractivity contribution < 1.29 is 17.2 Å². The average molecular weight is 430 g/mol. The highest BCUT2D eigenvalue weighted by Crippen LogP contribution is 2.39. The maximum Gasteiger partial charge on any atom is 0.243 e. The molecule has 0 spiro atoms. The standard InChI is InChI=1S/C21H20F2N4O2S/c22-15-7-9-17(10-8-15)30(28,29)27-11-2-1-6-19(27)20-18(13-25-21(24)26-20)14-4-3-5-16(23)12-14/h3-5,7-10,12-13,19H,1-2,6,11H2,(H2,24,25,26)/t19-/m0/s1. The molecular weight excluding hydrogens is 410 g/mol. The van der Waals surface area contributed by atoms with Crippen LogP contribution < -0.4 is 5.73 Å². The van der Waals surface area contributed by atoms with Crippen molar-refractivity contribution in [1.82, 2.24) is 14.3 Å². The summed E-state index contributed by atoms with van der Waals surface area (Å²) < 4.78 is 55.2. The molecule has 2 N–H and O–H groups in total. The zero-order chi connectivity index (χ0) is 21.3. The number of nitrogens with zero attached hydrogens (tertiary/aromatic N) is 3. The van der Waals surface area contributed by atoms with Crippen LogP contribution in [0.15, 0.2) is 59.6 Å². The van der Waals surface area contributed by atoms with E-state index in [0.717, 1.165) is 18.6 Å². The van der Waals surface area contributed by atoms with Crippen molar-refractivity contribution in [3.8, 4) is 11.1 Å². The summed E-state index contributed by atoms with van der Waals surface area (Å²) in [4.78, 5) is 8.39. The van der Waals surface area contributed by atoms with Gasteiger partial charge in [-0.3, -0.25) is 0 Å². The van der Waals surface area contributed by atoms with Gasteiger partial charge < -0.3 is 5.73 Å². The Bertz CT molecular complexity index is 1170. The normalized spacial score (nSPS) is 17.7. The molecule has 9 heteroatoms. The van der Waals surface area contributed by atoms with Crippen LogP contribution >= 0.6 is 0 Å². The van der Waals surface area contributed by atoms with Crippen LogP contribution in [0.2, 0.25) is 0 Å². The van der Waals surface area contributed by atoms with Gasteiger partial charge in [-0.15, -0.1) is 0 Å². The number of benzene rings is 2. The van der Waals surface area contributed by atoms with E-state index >= 15 is 0 Å². The molecular formula is C21H20F2N4O2S. The van der Waals surface area contributed by atoms with Crippen molar-refractivity contribution in [1.29, 1.82) is 0 Å². The lowest BCUT2D eigenvalue weighted by Gasteiger charge is -2.35. The minimum Gasteiger partial charge on any atom is -0.368 e. The van der Waals surface area contributed by atoms with Gasteiger partial charge in [-0.05, 0) is 54.8 Å². The van der Waals surface area contributed by atoms with Gasteiger partial charge in [0.1, 0.15) is 11.6 Å². The first-order valence-corrected chi connectivity index (χ1v) is 11.0. The summed E-state index contributed by atoms with van der Waals surface area (Å²) in [7, 11) is -3.90. The van der Waals surface area contributed by atoms with E-state index in [4.69, 9.17) is 5.73 Å². The van der Waals surface area contributed by atoms with Crippen LogP contribution in [-0.2, 0) is 10.0 Å². The number of aromatic nitrogens is 2. The van der Waals surface area contributed by atoms with Crippen LogP contribution in [0.4, 0.5) is 14.7 Å². The molecule has 2 heterocycles. The number of nitrogen functional groups attached to an aromatic ring is 1. The van der Waals surface area contributed by atoms with Crippen molar-refractivity contribution in [3.05, 3.63) is 72.1 Å². The number of hydrogen-bond acceptors (Lipinski definition) is 5. The van der Waals surface area contributed by atoms with Gasteiger partial charge in [0.15, 0.2) is 0 Å². The minimum absolute atomic E-state index is 0.00475. The monoisotopic (exact) mass is 430 g/mol. The van der Waals surface area contributed by atoms with Crippen molar-refractivity contribution in [2.75, 3.05) is 12.3 Å². The summed E-state index contributed by atoms with van der Waals surface area (Å²) in [6.45, 7) is 0.289. The second-order valence-corrected chi connectivity index (χ2v) is 9.01. The Hall–Kier alpha value is -2.91. The highest BCUT2D eigenvalue weighted by Gasteiger charge is 2.36. The van der Waals surface area contributed by atoms with Crippen LogP contribution in [0.25, 0.3) is 11.1 Å². The lowest BCUT2D eigenvalue weighted by atomic mass is 9.95. The summed E-state index contributed by atoms with van der Waals surface area (Å²) in [6.07, 6.45) is 3.50. The summed E-state index contributed by atoms with van der Waals surface area (Å²) in [5.74, 6) is -0.925. The molecule has 0 unspecified atom stereocenters. The Morgan fingerprint density at radius 3 is 2.53 bits per heavy atom. The number of anilines is 1. The molecule has 0 amide bonds. The number of hydrogen-bond donors (Lipinski definition) is 1. The quantitative estimate of drug-likeness (QED) is 0.678. The van der Waals surface area contributed by atoms with Crippen LogP contribution in [0.3, 0.4) is 0 Å². The van der Waals surface area contributed by atoms with Gasteiger partial charge in [0.25, 0.3) is 0 Å². The number of nitrogens with two attached hydrogens (primary N) is 1. The molecule has 6 nitrogen and oxygen atoms in total. The highest BCUT2D eigenvalue weighted by atomic mass is 32.2. The summed E-state index contributed by atoms with van der Waals surface area (Å²) in [5, 5.41) is 0. The fourth-order valence-electron chi connectivity index (χ4n) is 3.75. The third-order valence-corrected chi connectivity index (χ3v) is 7.08. The van der Waals surface area contributed by atoms with Crippen molar-refractivity contribution in [3.63, 3.8) is 0 Å². The number of rotatable bonds is 4. The van der Waals surface area contributed by atoms with E-state index in [9.17, 15) is 17.2 Å². The zero-order valence-electron chi connectivity index (χ0n) is 16.0. The van der Waals surface area contributed by atoms with Gasteiger partial charge in [0.2, 0.25) is 16.0 Å². The van der Waals surface area contributed by atoms with E-state index in [0.29, 0.717) is 29.7 Å². The Morgan fingerprint density at radius 2 is 1.80 bits per heavy atom. The fourth-order valence-corrected chi connectivity index (χ4v) is 5.41. The average Bonchev–Trinajstić information content (AvgIpc) is 2.74. The molecule has 1 fully saturated rings. The Morgan fingerprint density at radius 1 is 1.03 bits per heavy atom. The summed E-state index contributed by atoms with van der Waals surface area (Å²) in [5.41, 5.74) is 7.31. The first-order valence-electron chi connectivity index (χ1n) is 9.52. The van der Waals surface area contributed by atoms with Gasteiger partial charge in [-0.1, -0.05) is 18.6 Å². The van der Waals surface area contributed by atoms with E-state index in [1.807, 2.05) is 0 Å². The number of halogens is 2. The van der Waals surface area contributed by atoms with Crippen LogP contribution in [0, 0.1) is 11.6 Å². The molecule has 3 aromatic rings. The van der Waals surface area contributed by atoms with Crippen LogP contribution in [0.5, 0.6) is 0 Å². The van der Waals surface area contributed by atoms with Crippen molar-refractivity contribution in [2.24, 2.45) is 0 Å². The number of piperidine rings is 1. The van der Waals surface area contributed by atoms with E-state index in [1.54, 1.807) is 12.1 Å². The molecule has 0 bridgehead atoms. The van der Waals surface area contributed by atoms with Gasteiger partial charge in [-0.25, -0.2) is 27.2 Å². The SMILES string of the molecule is Nc1ncc(-c2cccc(F)c2)c([C@@H]2CCCCN2S(=O)(=O)c2ccc(F)cc2)n1. The molecule has 0 aliphatic carbocycles. The second kappa shape index (κ2) is 8.08. The lowest BCUT2D eigenvalue weighted by Crippen LogP contribution is -2.39. The summed E-state index contributed by atoms with van der Waals surface area (Å²) >= 11 is 0. The second-order valence-electron chi connectivity index (χ2n) is 7.12. The largest absolute Gasteiger partial charge is 0.368 e. The van der Waals surface area contributed by atoms with Crippen molar-refractivity contribution in [2.45, 2.75) is 30.2 Å². The molecule has 1 aliphatic heterocycles. The molecule has 0 radical (unpaired) electrons. The molecule has 2 aromatic carbocycles. The fraction of sp³-hybridized carbons (Fsp3) is 0.238. The summed E-state index contributed by atoms with van der Waals surface area (Å²) in [6, 6.07) is 10.1. The predicted octanol–water partition coefficient (Wildman–Crippen LogP) is 3.92. The van der Waals surface area contributed by atoms with Gasteiger partial charge >= 0.3 is 0 Å². The minimum atomic E-state index is -3.90. The predicted molar refractivity (Wildman–Crippen MR) is 109 cm³/mol. The Kier molecular flexibility index (Phi) is 5.48. The van der Waals surface area contributed by atoms with Crippen LogP contribution in [-0.4, -0.2) is 29.2 Å². The van der Waals surface area contributed by atoms with Crippen LogP contribution in [0.1, 0.15) is 31.0 Å². The van der Waals surface area contributed by atoms with Gasteiger partial charge in [0, 0.05) is 18.3 Å². The molecule has 1 saturated heterocycles. The van der Waals surface area contributed by atoms with E-state index < -0.39 is 27.7 Å². The molecule has 0 saturated carbocycles. The molecule has 30 heavy (non-hydrogen) atoms. The number of sulfonamides is 1. The van der Waals surface area contributed by atoms with E-state index in [-0.39, 0.29) is 17.4 Å². The Balaban J connectivity index is 1.82. The topological polar surface area (TPSA) is 89.2 Å². The maximum absolute atomic E-state index is 13.8. The molecule has 1 atom stereocenters. The van der Waals surface area contributed by atoms with E-state index in [2.05, 4.69) is 9.97 Å². The van der Waals surface area contributed by atoms with Crippen molar-refractivity contribution >= 4 is 16.0 Å². The van der Waals surface area contributed by atoms with Gasteiger partial charge in [0.05, 0.1) is 16.6 Å². The molecule has 1 aromatic heterocycles. The Labute approximate surface area is 173 Å².